The lowest BCUT2D eigenvalue weighted by atomic mass is 10.2. The summed E-state index contributed by atoms with van der Waals surface area (Å²) in [5, 5.41) is 6.38. The third-order valence-corrected chi connectivity index (χ3v) is 4.22. The van der Waals surface area contributed by atoms with Gasteiger partial charge in [0.15, 0.2) is 5.69 Å². The summed E-state index contributed by atoms with van der Waals surface area (Å²) < 4.78 is 33.1. The van der Waals surface area contributed by atoms with E-state index in [2.05, 4.69) is 15.6 Å². The number of halogens is 2. The minimum absolute atomic E-state index is 0.0156. The third kappa shape index (κ3) is 3.62. The number of nitrogens with zero attached hydrogens (tertiary/aromatic N) is 1. The summed E-state index contributed by atoms with van der Waals surface area (Å²) in [5.41, 5.74) is -0.552. The first-order chi connectivity index (χ1) is 12.3. The molecule has 0 atom stereocenters. The molecule has 0 fully saturated rings. The Bertz CT molecular complexity index is 984. The van der Waals surface area contributed by atoms with Gasteiger partial charge in [-0.25, -0.2) is 13.8 Å². The van der Waals surface area contributed by atoms with E-state index in [1.807, 2.05) is 11.4 Å². The van der Waals surface area contributed by atoms with E-state index >= 15 is 0 Å². The topological polar surface area (TPSA) is 84.2 Å². The predicted molar refractivity (Wildman–Crippen MR) is 93.2 cm³/mol. The highest BCUT2D eigenvalue weighted by Crippen LogP contribution is 2.27. The molecule has 0 saturated carbocycles. The van der Waals surface area contributed by atoms with E-state index in [-0.39, 0.29) is 28.7 Å². The molecule has 0 saturated heterocycles. The lowest BCUT2D eigenvalue weighted by Gasteiger charge is -2.09. The van der Waals surface area contributed by atoms with E-state index < -0.39 is 23.4 Å². The SMILES string of the molecule is CC(=O)Nc1cc(NC(=O)c2nc(-c3cccs3)oc2C)c(F)cc1F. The molecule has 0 aliphatic carbocycles. The fourth-order valence-electron chi connectivity index (χ4n) is 2.22. The molecule has 0 radical (unpaired) electrons. The van der Waals surface area contributed by atoms with E-state index in [1.54, 1.807) is 13.0 Å². The van der Waals surface area contributed by atoms with Crippen LogP contribution in [0, 0.1) is 18.6 Å². The van der Waals surface area contributed by atoms with Gasteiger partial charge in [0, 0.05) is 13.0 Å². The average Bonchev–Trinajstić information content (AvgIpc) is 3.20. The van der Waals surface area contributed by atoms with Crippen molar-refractivity contribution in [1.82, 2.24) is 4.98 Å². The summed E-state index contributed by atoms with van der Waals surface area (Å²) in [6.45, 7) is 2.74. The zero-order chi connectivity index (χ0) is 18.8. The van der Waals surface area contributed by atoms with Crippen molar-refractivity contribution < 1.29 is 22.8 Å². The highest BCUT2D eigenvalue weighted by Gasteiger charge is 2.21. The van der Waals surface area contributed by atoms with E-state index in [9.17, 15) is 18.4 Å². The van der Waals surface area contributed by atoms with Crippen molar-refractivity contribution in [2.45, 2.75) is 13.8 Å². The van der Waals surface area contributed by atoms with E-state index in [0.717, 1.165) is 10.9 Å². The smallest absolute Gasteiger partial charge is 0.278 e. The van der Waals surface area contributed by atoms with Crippen LogP contribution >= 0.6 is 11.3 Å². The van der Waals surface area contributed by atoms with Gasteiger partial charge in [-0.05, 0) is 24.4 Å². The number of carbonyl (C=O) groups excluding carboxylic acids is 2. The van der Waals surface area contributed by atoms with Crippen molar-refractivity contribution in [1.29, 1.82) is 0 Å². The molecule has 2 aromatic heterocycles. The molecule has 0 spiro atoms. The molecule has 26 heavy (non-hydrogen) atoms. The lowest BCUT2D eigenvalue weighted by molar-refractivity contribution is -0.114. The number of aromatic nitrogens is 1. The van der Waals surface area contributed by atoms with Crippen LogP contribution in [0.3, 0.4) is 0 Å². The predicted octanol–water partition coefficient (Wildman–Crippen LogP) is 4.20. The first kappa shape index (κ1) is 17.7. The Hall–Kier alpha value is -3.07. The Morgan fingerprint density at radius 1 is 1.15 bits per heavy atom. The van der Waals surface area contributed by atoms with Gasteiger partial charge in [0.2, 0.25) is 11.8 Å². The number of benzene rings is 1. The number of carbonyl (C=O) groups is 2. The Labute approximate surface area is 150 Å². The van der Waals surface area contributed by atoms with Crippen LogP contribution < -0.4 is 10.6 Å². The van der Waals surface area contributed by atoms with Crippen molar-refractivity contribution in [3.8, 4) is 10.8 Å². The van der Waals surface area contributed by atoms with E-state index in [4.69, 9.17) is 4.42 Å². The van der Waals surface area contributed by atoms with Gasteiger partial charge < -0.3 is 15.1 Å². The minimum Gasteiger partial charge on any atom is -0.440 e. The van der Waals surface area contributed by atoms with E-state index in [0.29, 0.717) is 6.07 Å². The Kier molecular flexibility index (Phi) is 4.81. The molecule has 0 bridgehead atoms. The zero-order valence-corrected chi connectivity index (χ0v) is 14.5. The molecule has 3 rings (SSSR count). The summed E-state index contributed by atoms with van der Waals surface area (Å²) in [7, 11) is 0. The first-order valence-electron chi connectivity index (χ1n) is 7.44. The number of hydrogen-bond acceptors (Lipinski definition) is 5. The Morgan fingerprint density at radius 3 is 2.46 bits per heavy atom. The number of thiophene rings is 1. The maximum atomic E-state index is 14.0. The van der Waals surface area contributed by atoms with Crippen molar-refractivity contribution in [3.05, 3.63) is 52.7 Å². The number of anilines is 2. The van der Waals surface area contributed by atoms with Gasteiger partial charge >= 0.3 is 0 Å². The number of amides is 2. The van der Waals surface area contributed by atoms with E-state index in [1.165, 1.54) is 18.3 Å². The van der Waals surface area contributed by atoms with Gasteiger partial charge in [0.05, 0.1) is 16.3 Å². The second-order valence-corrected chi connectivity index (χ2v) is 6.30. The molecule has 0 aliphatic heterocycles. The molecular formula is C17H13F2N3O3S. The number of aryl methyl sites for hydroxylation is 1. The largest absolute Gasteiger partial charge is 0.440 e. The van der Waals surface area contributed by atoms with Crippen LogP contribution in [0.1, 0.15) is 23.2 Å². The van der Waals surface area contributed by atoms with Crippen molar-refractivity contribution in [2.75, 3.05) is 10.6 Å². The molecule has 2 amide bonds. The normalized spacial score (nSPS) is 10.6. The minimum atomic E-state index is -0.982. The third-order valence-electron chi connectivity index (χ3n) is 3.36. The number of oxazole rings is 1. The average molecular weight is 377 g/mol. The molecule has 9 heteroatoms. The summed E-state index contributed by atoms with van der Waals surface area (Å²) in [4.78, 5) is 28.4. The van der Waals surface area contributed by atoms with Crippen molar-refractivity contribution in [2.24, 2.45) is 0 Å². The molecule has 6 nitrogen and oxygen atoms in total. The molecule has 0 unspecified atom stereocenters. The maximum Gasteiger partial charge on any atom is 0.278 e. The molecular weight excluding hydrogens is 364 g/mol. The lowest BCUT2D eigenvalue weighted by Crippen LogP contribution is -2.16. The Morgan fingerprint density at radius 2 is 1.85 bits per heavy atom. The molecule has 3 aromatic rings. The first-order valence-corrected chi connectivity index (χ1v) is 8.32. The highest BCUT2D eigenvalue weighted by molar-refractivity contribution is 7.13. The summed E-state index contributed by atoms with van der Waals surface area (Å²) in [5.74, 6) is -2.64. The van der Waals surface area contributed by atoms with Crippen LogP contribution in [-0.2, 0) is 4.79 Å². The van der Waals surface area contributed by atoms with Crippen LogP contribution in [0.25, 0.3) is 10.8 Å². The highest BCUT2D eigenvalue weighted by atomic mass is 32.1. The number of rotatable bonds is 4. The quantitative estimate of drug-likeness (QED) is 0.714. The summed E-state index contributed by atoms with van der Waals surface area (Å²) >= 11 is 1.40. The van der Waals surface area contributed by atoms with Crippen LogP contribution in [-0.4, -0.2) is 16.8 Å². The molecule has 2 N–H and O–H groups in total. The van der Waals surface area contributed by atoms with Crippen LogP contribution in [0.5, 0.6) is 0 Å². The molecule has 134 valence electrons. The van der Waals surface area contributed by atoms with Crippen LogP contribution in [0.4, 0.5) is 20.2 Å². The molecule has 0 aliphatic rings. The van der Waals surface area contributed by atoms with Gasteiger partial charge in [-0.1, -0.05) is 6.07 Å². The number of hydrogen-bond donors (Lipinski definition) is 2. The van der Waals surface area contributed by atoms with Crippen LogP contribution in [0.15, 0.2) is 34.1 Å². The number of nitrogens with one attached hydrogen (secondary N) is 2. The van der Waals surface area contributed by atoms with Gasteiger partial charge in [-0.3, -0.25) is 9.59 Å². The Balaban J connectivity index is 1.87. The summed E-state index contributed by atoms with van der Waals surface area (Å²) in [6.07, 6.45) is 0. The second-order valence-electron chi connectivity index (χ2n) is 5.35. The van der Waals surface area contributed by atoms with Gasteiger partial charge in [0.1, 0.15) is 17.4 Å². The fraction of sp³-hybridized carbons (Fsp3) is 0.118. The maximum absolute atomic E-state index is 14.0. The summed E-state index contributed by atoms with van der Waals surface area (Å²) in [6, 6.07) is 5.18. The standard InChI is InChI=1S/C17H13F2N3O3S/c1-8-15(22-17(25-8)14-4-3-5-26-14)16(24)21-13-7-12(20-9(2)23)10(18)6-11(13)19/h3-7H,1-2H3,(H,20,23)(H,21,24). The van der Waals surface area contributed by atoms with Gasteiger partial charge in [-0.15, -0.1) is 11.3 Å². The van der Waals surface area contributed by atoms with Gasteiger partial charge in [-0.2, -0.15) is 0 Å². The fourth-order valence-corrected chi connectivity index (χ4v) is 2.87. The van der Waals surface area contributed by atoms with Crippen molar-refractivity contribution >= 4 is 34.5 Å². The molecule has 2 heterocycles. The zero-order valence-electron chi connectivity index (χ0n) is 13.7. The second kappa shape index (κ2) is 7.04. The van der Waals surface area contributed by atoms with Gasteiger partial charge in [0.25, 0.3) is 5.91 Å². The monoisotopic (exact) mass is 377 g/mol. The molecule has 1 aromatic carbocycles. The van der Waals surface area contributed by atoms with Crippen molar-refractivity contribution in [3.63, 3.8) is 0 Å². The van der Waals surface area contributed by atoms with Crippen LogP contribution in [0.2, 0.25) is 0 Å².